The molecule has 0 saturated carbocycles. The van der Waals surface area contributed by atoms with Gasteiger partial charge in [0.2, 0.25) is 0 Å². The van der Waals surface area contributed by atoms with Crippen molar-refractivity contribution in [3.63, 3.8) is 0 Å². The second kappa shape index (κ2) is 57.8. The molecular formula is C61H118NO8P. The summed E-state index contributed by atoms with van der Waals surface area (Å²) in [6, 6.07) is 0. The summed E-state index contributed by atoms with van der Waals surface area (Å²) >= 11 is 0. The van der Waals surface area contributed by atoms with Gasteiger partial charge in [0, 0.05) is 19.4 Å². The van der Waals surface area contributed by atoms with Gasteiger partial charge in [-0.2, -0.15) is 0 Å². The molecule has 0 aliphatic heterocycles. The molecule has 3 N–H and O–H groups in total. The van der Waals surface area contributed by atoms with Crippen molar-refractivity contribution in [1.82, 2.24) is 0 Å². The highest BCUT2D eigenvalue weighted by molar-refractivity contribution is 7.47. The Morgan fingerprint density at radius 2 is 0.732 bits per heavy atom. The van der Waals surface area contributed by atoms with Crippen LogP contribution in [0.1, 0.15) is 322 Å². The van der Waals surface area contributed by atoms with Crippen LogP contribution in [0.3, 0.4) is 0 Å². The average molecular weight is 1020 g/mol. The average Bonchev–Trinajstić information content (AvgIpc) is 3.36. The van der Waals surface area contributed by atoms with Crippen LogP contribution in [-0.2, 0) is 32.7 Å². The van der Waals surface area contributed by atoms with Crippen molar-refractivity contribution in [2.24, 2.45) is 5.73 Å². The summed E-state index contributed by atoms with van der Waals surface area (Å²) in [5.41, 5.74) is 5.38. The first-order valence-electron chi connectivity index (χ1n) is 30.8. The molecule has 0 fully saturated rings. The Bertz CT molecular complexity index is 1210. The number of esters is 2. The standard InChI is InChI=1S/C61H118NO8P/c1-3-5-7-9-11-13-15-17-19-21-23-24-25-26-27-28-29-30-31-32-33-34-35-36-38-39-41-43-45-47-49-51-53-60(63)67-57-59(58-69-71(65,66)68-56-55-62)70-61(64)54-52-50-48-46-44-42-40-37-22-20-18-16-14-12-10-8-6-4-2/h14,16,20,22,59H,3-13,15,17-19,21,23-58,62H2,1-2H3,(H,65,66)/b16-14-,22-20-. The van der Waals surface area contributed by atoms with Crippen LogP contribution >= 0.6 is 7.82 Å². The summed E-state index contributed by atoms with van der Waals surface area (Å²) in [6.07, 6.45) is 68.3. The SMILES string of the molecule is CCCCCC/C=C\C/C=C\CCCCCCCCCC(=O)OC(COC(=O)CCCCCCCCCCCCCCCCCCCCCCCCCCCCCCCCCC)COP(=O)(O)OCCN. The Kier molecular flexibility index (Phi) is 56.5. The quantitative estimate of drug-likeness (QED) is 0.0264. The number of unbranched alkanes of at least 4 members (excludes halogenated alkanes) is 42. The molecule has 0 saturated heterocycles. The third-order valence-corrected chi connectivity index (χ3v) is 14.8. The van der Waals surface area contributed by atoms with Crippen LogP contribution in [-0.4, -0.2) is 49.3 Å². The number of phosphoric acid groups is 1. The highest BCUT2D eigenvalue weighted by Crippen LogP contribution is 2.43. The lowest BCUT2D eigenvalue weighted by molar-refractivity contribution is -0.161. The van der Waals surface area contributed by atoms with Crippen molar-refractivity contribution in [2.45, 2.75) is 328 Å². The Hall–Kier alpha value is -1.51. The van der Waals surface area contributed by atoms with E-state index >= 15 is 0 Å². The number of rotatable bonds is 59. The lowest BCUT2D eigenvalue weighted by atomic mass is 10.0. The third kappa shape index (κ3) is 57.6. The zero-order valence-corrected chi connectivity index (χ0v) is 47.9. The number of carbonyl (C=O) groups is 2. The highest BCUT2D eigenvalue weighted by atomic mass is 31.2. The summed E-state index contributed by atoms with van der Waals surface area (Å²) in [5.74, 6) is -0.820. The molecule has 0 aromatic rings. The first kappa shape index (κ1) is 69.5. The van der Waals surface area contributed by atoms with Crippen LogP contribution in [0.2, 0.25) is 0 Å². The van der Waals surface area contributed by atoms with Gasteiger partial charge in [0.1, 0.15) is 6.61 Å². The predicted molar refractivity (Wildman–Crippen MR) is 303 cm³/mol. The van der Waals surface area contributed by atoms with Gasteiger partial charge in [0.15, 0.2) is 6.10 Å². The molecule has 0 aliphatic rings. The molecule has 0 spiro atoms. The minimum Gasteiger partial charge on any atom is -0.462 e. The normalized spacial score (nSPS) is 13.1. The molecule has 9 nitrogen and oxygen atoms in total. The maximum atomic E-state index is 12.7. The Labute approximate surface area is 440 Å². The zero-order valence-electron chi connectivity index (χ0n) is 47.0. The summed E-state index contributed by atoms with van der Waals surface area (Å²) in [4.78, 5) is 35.2. The van der Waals surface area contributed by atoms with Crippen LogP contribution in [0.5, 0.6) is 0 Å². The number of nitrogens with two attached hydrogens (primary N) is 1. The molecule has 0 heterocycles. The first-order valence-corrected chi connectivity index (χ1v) is 32.3. The molecule has 0 aromatic carbocycles. The van der Waals surface area contributed by atoms with Crippen molar-refractivity contribution < 1.29 is 37.6 Å². The Balaban J connectivity index is 3.83. The van der Waals surface area contributed by atoms with E-state index in [1.54, 1.807) is 0 Å². The molecule has 0 amide bonds. The van der Waals surface area contributed by atoms with Crippen LogP contribution in [0, 0.1) is 0 Å². The molecule has 0 radical (unpaired) electrons. The van der Waals surface area contributed by atoms with Crippen molar-refractivity contribution in [3.8, 4) is 0 Å². The van der Waals surface area contributed by atoms with Crippen LogP contribution in [0.15, 0.2) is 24.3 Å². The van der Waals surface area contributed by atoms with Gasteiger partial charge in [0.05, 0.1) is 13.2 Å². The smallest absolute Gasteiger partial charge is 0.462 e. The summed E-state index contributed by atoms with van der Waals surface area (Å²) in [7, 11) is -4.39. The van der Waals surface area contributed by atoms with E-state index in [1.807, 2.05) is 0 Å². The maximum absolute atomic E-state index is 12.7. The first-order chi connectivity index (χ1) is 34.8. The lowest BCUT2D eigenvalue weighted by Gasteiger charge is -2.19. The number of allylic oxidation sites excluding steroid dienone is 4. The number of hydrogen-bond donors (Lipinski definition) is 2. The second-order valence-corrected chi connectivity index (χ2v) is 22.4. The van der Waals surface area contributed by atoms with Gasteiger partial charge in [-0.1, -0.05) is 289 Å². The van der Waals surface area contributed by atoms with Crippen molar-refractivity contribution >= 4 is 19.8 Å². The van der Waals surface area contributed by atoms with Crippen molar-refractivity contribution in [1.29, 1.82) is 0 Å². The van der Waals surface area contributed by atoms with E-state index in [1.165, 1.54) is 238 Å². The minimum atomic E-state index is -4.39. The van der Waals surface area contributed by atoms with Gasteiger partial charge < -0.3 is 20.1 Å². The van der Waals surface area contributed by atoms with Gasteiger partial charge in [0.25, 0.3) is 0 Å². The van der Waals surface area contributed by atoms with E-state index in [0.717, 1.165) is 51.4 Å². The van der Waals surface area contributed by atoms with E-state index in [9.17, 15) is 19.0 Å². The van der Waals surface area contributed by atoms with Crippen LogP contribution < -0.4 is 5.73 Å². The van der Waals surface area contributed by atoms with Gasteiger partial charge in [-0.3, -0.25) is 18.6 Å². The van der Waals surface area contributed by atoms with E-state index in [2.05, 4.69) is 38.2 Å². The summed E-state index contributed by atoms with van der Waals surface area (Å²) in [6.45, 7) is 3.77. The Morgan fingerprint density at radius 1 is 0.423 bits per heavy atom. The number of phosphoric ester groups is 1. The fourth-order valence-electron chi connectivity index (χ4n) is 9.26. The van der Waals surface area contributed by atoms with E-state index in [0.29, 0.717) is 6.42 Å². The molecule has 10 heteroatoms. The van der Waals surface area contributed by atoms with E-state index in [4.69, 9.17) is 24.3 Å². The topological polar surface area (TPSA) is 134 Å². The number of hydrogen-bond acceptors (Lipinski definition) is 8. The second-order valence-electron chi connectivity index (χ2n) is 20.9. The molecule has 2 atom stereocenters. The van der Waals surface area contributed by atoms with Crippen LogP contribution in [0.4, 0.5) is 0 Å². The number of carbonyl (C=O) groups excluding carboxylic acids is 2. The minimum absolute atomic E-state index is 0.0540. The largest absolute Gasteiger partial charge is 0.472 e. The number of ether oxygens (including phenoxy) is 2. The van der Waals surface area contributed by atoms with Crippen molar-refractivity contribution in [2.75, 3.05) is 26.4 Å². The van der Waals surface area contributed by atoms with Gasteiger partial charge in [-0.05, 0) is 44.9 Å². The molecule has 0 aromatic heterocycles. The van der Waals surface area contributed by atoms with Gasteiger partial charge in [-0.25, -0.2) is 4.57 Å². The molecular weight excluding hydrogens is 906 g/mol. The Morgan fingerprint density at radius 3 is 1.08 bits per heavy atom. The molecule has 0 rings (SSSR count). The monoisotopic (exact) mass is 1020 g/mol. The molecule has 0 bridgehead atoms. The van der Waals surface area contributed by atoms with Gasteiger partial charge in [-0.15, -0.1) is 0 Å². The van der Waals surface area contributed by atoms with E-state index < -0.39 is 26.5 Å². The summed E-state index contributed by atoms with van der Waals surface area (Å²) in [5, 5.41) is 0. The van der Waals surface area contributed by atoms with Gasteiger partial charge >= 0.3 is 19.8 Å². The lowest BCUT2D eigenvalue weighted by Crippen LogP contribution is -2.29. The molecule has 71 heavy (non-hydrogen) atoms. The maximum Gasteiger partial charge on any atom is 0.472 e. The van der Waals surface area contributed by atoms with E-state index in [-0.39, 0.29) is 38.6 Å². The van der Waals surface area contributed by atoms with Crippen LogP contribution in [0.25, 0.3) is 0 Å². The molecule has 0 aliphatic carbocycles. The third-order valence-electron chi connectivity index (χ3n) is 13.8. The van der Waals surface area contributed by atoms with Crippen molar-refractivity contribution in [3.05, 3.63) is 24.3 Å². The fourth-order valence-corrected chi connectivity index (χ4v) is 10.0. The molecule has 2 unspecified atom stereocenters. The fraction of sp³-hybridized carbons (Fsp3) is 0.902. The predicted octanol–water partition coefficient (Wildman–Crippen LogP) is 19.4. The molecule has 420 valence electrons. The summed E-state index contributed by atoms with van der Waals surface area (Å²) < 4.78 is 33.0. The zero-order chi connectivity index (χ0) is 51.7. The highest BCUT2D eigenvalue weighted by Gasteiger charge is 2.26.